The van der Waals surface area contributed by atoms with Crippen LogP contribution in [0, 0.1) is 0 Å². The molecule has 16 heteroatoms. The van der Waals surface area contributed by atoms with E-state index in [1.807, 2.05) is 0 Å². The van der Waals surface area contributed by atoms with Gasteiger partial charge in [0.2, 0.25) is 6.36 Å². The first-order chi connectivity index (χ1) is 12.8. The van der Waals surface area contributed by atoms with Crippen molar-refractivity contribution in [2.24, 2.45) is 5.11 Å². The standard InChI is InChI=1S/C12H20FN3O9.I2.HI/c13-11-8(21)7(20)10(4(2-18)23-11)25-12-9(22)6(19)5(15-16-14)3(1-17)24-12;1-2;/h3-12,17-22H,1-2H2;;1H/t3?,4?,5-,6+,7-,8?,9?,10-,11+,12-;;/m1../s1. The van der Waals surface area contributed by atoms with E-state index in [-0.39, 0.29) is 24.0 Å². The largest absolute Gasteiger partial charge is 0.394 e. The van der Waals surface area contributed by atoms with Crippen LogP contribution in [0.1, 0.15) is 0 Å². The van der Waals surface area contributed by atoms with Gasteiger partial charge in [0.1, 0.15) is 30.5 Å². The molecule has 4 unspecified atom stereocenters. The second-order valence-corrected chi connectivity index (χ2v) is 5.69. The van der Waals surface area contributed by atoms with Crippen molar-refractivity contribution < 1.29 is 49.2 Å². The number of nitrogens with zero attached hydrogens (tertiary/aromatic N) is 3. The van der Waals surface area contributed by atoms with Crippen molar-refractivity contribution in [2.75, 3.05) is 13.2 Å². The van der Waals surface area contributed by atoms with E-state index >= 15 is 0 Å². The predicted octanol–water partition coefficient (Wildman–Crippen LogP) is -0.713. The van der Waals surface area contributed by atoms with Gasteiger partial charge in [-0.25, -0.2) is 4.39 Å². The average Bonchev–Trinajstić information content (AvgIpc) is 2.68. The molecule has 0 aromatic carbocycles. The Morgan fingerprint density at radius 3 is 2.04 bits per heavy atom. The van der Waals surface area contributed by atoms with Crippen LogP contribution in [0.2, 0.25) is 0 Å². The molecule has 2 fully saturated rings. The predicted molar refractivity (Wildman–Crippen MR) is 118 cm³/mol. The van der Waals surface area contributed by atoms with Gasteiger partial charge in [-0.1, -0.05) is 5.11 Å². The molecular weight excluding hydrogens is 730 g/mol. The molecule has 2 rings (SSSR count). The fourth-order valence-electron chi connectivity index (χ4n) is 2.75. The van der Waals surface area contributed by atoms with Gasteiger partial charge in [0.15, 0.2) is 6.29 Å². The molecule has 0 spiro atoms. The van der Waals surface area contributed by atoms with Crippen LogP contribution in [0.5, 0.6) is 0 Å². The third kappa shape index (κ3) is 6.79. The topological polar surface area (TPSA) is 198 Å². The highest BCUT2D eigenvalue weighted by Crippen LogP contribution is 2.30. The summed E-state index contributed by atoms with van der Waals surface area (Å²) in [7, 11) is 0. The number of aliphatic hydroxyl groups is 6. The number of aliphatic hydroxyl groups excluding tert-OH is 6. The normalized spacial score (nSPS) is 43.0. The lowest BCUT2D eigenvalue weighted by Crippen LogP contribution is -2.63. The fourth-order valence-corrected chi connectivity index (χ4v) is 2.75. The van der Waals surface area contributed by atoms with E-state index in [2.05, 4.69) is 52.0 Å². The van der Waals surface area contributed by atoms with Crippen LogP contribution in [0.4, 0.5) is 4.39 Å². The van der Waals surface area contributed by atoms with E-state index in [1.54, 1.807) is 0 Å². The van der Waals surface area contributed by atoms with Gasteiger partial charge in [-0.3, -0.25) is 0 Å². The molecule has 0 aromatic rings. The highest BCUT2D eigenvalue weighted by molar-refractivity contribution is 15.0. The molecule has 0 amide bonds. The Bertz CT molecular complexity index is 506. The first-order valence-electron chi connectivity index (χ1n) is 7.58. The van der Waals surface area contributed by atoms with Crippen molar-refractivity contribution >= 4 is 61.2 Å². The van der Waals surface area contributed by atoms with Crippen molar-refractivity contribution in [3.63, 3.8) is 0 Å². The smallest absolute Gasteiger partial charge is 0.228 e. The third-order valence-electron chi connectivity index (χ3n) is 4.13. The van der Waals surface area contributed by atoms with Gasteiger partial charge in [0.25, 0.3) is 0 Å². The highest BCUT2D eigenvalue weighted by atomic mass is 128. The van der Waals surface area contributed by atoms with E-state index in [0.29, 0.717) is 0 Å². The van der Waals surface area contributed by atoms with Gasteiger partial charge in [-0.2, -0.15) is 0 Å². The van der Waals surface area contributed by atoms with E-state index in [1.165, 1.54) is 0 Å². The van der Waals surface area contributed by atoms with Crippen LogP contribution in [-0.2, 0) is 14.2 Å². The Labute approximate surface area is 199 Å². The van der Waals surface area contributed by atoms with Crippen LogP contribution in [0.3, 0.4) is 0 Å². The average molecular weight is 751 g/mol. The molecule has 2 heterocycles. The lowest BCUT2D eigenvalue weighted by Gasteiger charge is -2.45. The Hall–Kier alpha value is 1.07. The van der Waals surface area contributed by atoms with Crippen LogP contribution in [0.25, 0.3) is 10.4 Å². The molecule has 0 radical (unpaired) electrons. The lowest BCUT2D eigenvalue weighted by atomic mass is 9.96. The van der Waals surface area contributed by atoms with E-state index in [0.717, 1.165) is 0 Å². The zero-order valence-corrected chi connectivity index (χ0v) is 20.6. The van der Waals surface area contributed by atoms with E-state index in [9.17, 15) is 35.0 Å². The van der Waals surface area contributed by atoms with Gasteiger partial charge >= 0.3 is 0 Å². The molecule has 0 saturated carbocycles. The molecule has 0 aromatic heterocycles. The number of hydrogen-bond donors (Lipinski definition) is 6. The van der Waals surface area contributed by atoms with Crippen molar-refractivity contribution in [1.82, 2.24) is 0 Å². The first-order valence-corrected chi connectivity index (χ1v) is 13.9. The minimum Gasteiger partial charge on any atom is -0.394 e. The molecule has 2 aliphatic heterocycles. The summed E-state index contributed by atoms with van der Waals surface area (Å²) in [5.41, 5.74) is 8.47. The van der Waals surface area contributed by atoms with Crippen molar-refractivity contribution in [3.8, 4) is 0 Å². The molecule has 166 valence electrons. The zero-order chi connectivity index (χ0) is 20.7. The van der Waals surface area contributed by atoms with E-state index < -0.39 is 74.6 Å². The van der Waals surface area contributed by atoms with Crippen molar-refractivity contribution in [2.45, 2.75) is 61.4 Å². The number of ether oxygens (including phenoxy) is 3. The number of halogens is 4. The summed E-state index contributed by atoms with van der Waals surface area (Å²) >= 11 is 4.24. The summed E-state index contributed by atoms with van der Waals surface area (Å²) in [5, 5.41) is 61.3. The quantitative estimate of drug-likeness (QED) is 0.0910. The van der Waals surface area contributed by atoms with Crippen LogP contribution < -0.4 is 0 Å². The molecule has 10 atom stereocenters. The number of azide groups is 1. The maximum Gasteiger partial charge on any atom is 0.228 e. The molecule has 2 aliphatic rings. The SMILES string of the molecule is I.II.[N-]=[N+]=N[C@@H]1C(CO)O[C@H](O[C@@H]2C(CO)O[C@H](F)C(O)[C@H]2O)C(O)[C@H]1O. The van der Waals surface area contributed by atoms with Crippen LogP contribution in [-0.4, -0.2) is 105 Å². The first kappa shape index (κ1) is 29.1. The van der Waals surface area contributed by atoms with Crippen LogP contribution >= 0.6 is 61.2 Å². The summed E-state index contributed by atoms with van der Waals surface area (Å²) in [4.78, 5) is 2.49. The number of alkyl halides is 1. The summed E-state index contributed by atoms with van der Waals surface area (Å²) in [6.45, 7) is -1.46. The van der Waals surface area contributed by atoms with Gasteiger partial charge in [0, 0.05) is 42.1 Å². The number of hydrogen-bond acceptors (Lipinski definition) is 10. The van der Waals surface area contributed by atoms with Crippen LogP contribution in [0.15, 0.2) is 5.11 Å². The van der Waals surface area contributed by atoms with E-state index in [4.69, 9.17) is 15.0 Å². The molecule has 6 N–H and O–H groups in total. The fraction of sp³-hybridized carbons (Fsp3) is 1.00. The number of rotatable bonds is 5. The highest BCUT2D eigenvalue weighted by Gasteiger charge is 2.50. The Kier molecular flexibility index (Phi) is 14.7. The monoisotopic (exact) mass is 751 g/mol. The summed E-state index contributed by atoms with van der Waals surface area (Å²) in [6, 6.07) is -1.30. The zero-order valence-electron chi connectivity index (χ0n) is 14.0. The van der Waals surface area contributed by atoms with Gasteiger partial charge in [-0.15, -0.1) is 24.0 Å². The second kappa shape index (κ2) is 14.2. The van der Waals surface area contributed by atoms with Gasteiger partial charge in [0.05, 0.1) is 31.5 Å². The summed E-state index contributed by atoms with van der Waals surface area (Å²) in [5.74, 6) is 0. The molecule has 12 nitrogen and oxygen atoms in total. The Balaban J connectivity index is 0.00000235. The third-order valence-corrected chi connectivity index (χ3v) is 4.13. The van der Waals surface area contributed by atoms with Gasteiger partial charge < -0.3 is 44.8 Å². The minimum atomic E-state index is -2.26. The summed E-state index contributed by atoms with van der Waals surface area (Å²) < 4.78 is 28.6. The maximum absolute atomic E-state index is 13.4. The molecular formula is C12H21FI3N3O9. The molecule has 0 aliphatic carbocycles. The van der Waals surface area contributed by atoms with Crippen molar-refractivity contribution in [3.05, 3.63) is 10.4 Å². The second-order valence-electron chi connectivity index (χ2n) is 5.69. The van der Waals surface area contributed by atoms with Crippen molar-refractivity contribution in [1.29, 1.82) is 0 Å². The lowest BCUT2D eigenvalue weighted by molar-refractivity contribution is -0.338. The van der Waals surface area contributed by atoms with Gasteiger partial charge in [-0.05, 0) is 5.53 Å². The minimum absolute atomic E-state index is 0. The molecule has 28 heavy (non-hydrogen) atoms. The Morgan fingerprint density at radius 1 is 0.964 bits per heavy atom. The molecule has 0 bridgehead atoms. The Morgan fingerprint density at radius 2 is 1.54 bits per heavy atom. The summed E-state index contributed by atoms with van der Waals surface area (Å²) in [6.07, 6.45) is -15.2. The maximum atomic E-state index is 13.4. The molecule has 2 saturated heterocycles.